The van der Waals surface area contributed by atoms with E-state index in [1.54, 1.807) is 11.0 Å². The maximum absolute atomic E-state index is 12.5. The Kier molecular flexibility index (Phi) is 6.44. The van der Waals surface area contributed by atoms with E-state index in [2.05, 4.69) is 5.18 Å². The van der Waals surface area contributed by atoms with Crippen molar-refractivity contribution in [1.82, 2.24) is 4.90 Å². The number of nitroso groups, excluding NO2 is 1. The molecule has 6 heteroatoms. The number of ketones is 1. The number of hydrogen-bond donors (Lipinski definition) is 0. The minimum Gasteiger partial charge on any atom is -0.323 e. The zero-order valence-electron chi connectivity index (χ0n) is 14.8. The molecule has 1 fully saturated rings. The van der Waals surface area contributed by atoms with Crippen LogP contribution in [0.5, 0.6) is 0 Å². The van der Waals surface area contributed by atoms with Gasteiger partial charge in [-0.05, 0) is 30.2 Å². The molecule has 1 aliphatic heterocycles. The number of pyridine rings is 1. The molecule has 0 saturated heterocycles. The third-order valence-corrected chi connectivity index (χ3v) is 4.78. The maximum atomic E-state index is 12.5. The Morgan fingerprint density at radius 1 is 1.23 bits per heavy atom. The molecule has 0 unspecified atom stereocenters. The lowest BCUT2D eigenvalue weighted by molar-refractivity contribution is -0.733. The summed E-state index contributed by atoms with van der Waals surface area (Å²) >= 11 is 0. The van der Waals surface area contributed by atoms with Crippen LogP contribution >= 0.6 is 0 Å². The van der Waals surface area contributed by atoms with E-state index in [4.69, 9.17) is 4.74 Å². The molecule has 1 aromatic rings. The highest BCUT2D eigenvalue weighted by Gasteiger charge is 2.22. The first-order chi connectivity index (χ1) is 12.8. The SMILES string of the molecule is O=N/C=C1\C=CC=CN1COC[n+]1ccc(C(=O)C2CCCCC2)cc1. The molecule has 0 aromatic carbocycles. The fraction of sp³-hybridized carbons (Fsp3) is 0.400. The number of hydrogen-bond acceptors (Lipinski definition) is 5. The Labute approximate surface area is 153 Å². The van der Waals surface area contributed by atoms with Gasteiger partial charge in [0.05, 0.1) is 11.9 Å². The third kappa shape index (κ3) is 4.73. The lowest BCUT2D eigenvalue weighted by Gasteiger charge is -2.21. The number of Topliss-reactive ketones (excluding diaryl/α,β-unsaturated/α-hetero) is 1. The van der Waals surface area contributed by atoms with Crippen molar-refractivity contribution in [3.05, 3.63) is 71.3 Å². The summed E-state index contributed by atoms with van der Waals surface area (Å²) in [4.78, 5) is 24.8. The van der Waals surface area contributed by atoms with Crippen LogP contribution in [-0.4, -0.2) is 17.4 Å². The van der Waals surface area contributed by atoms with Crippen molar-refractivity contribution in [3.8, 4) is 0 Å². The Hall–Kier alpha value is -2.60. The van der Waals surface area contributed by atoms with Crippen LogP contribution in [0.15, 0.2) is 66.0 Å². The summed E-state index contributed by atoms with van der Waals surface area (Å²) in [5.74, 6) is 0.450. The van der Waals surface area contributed by atoms with Crippen molar-refractivity contribution < 1.29 is 14.1 Å². The number of aromatic nitrogens is 1. The predicted octanol–water partition coefficient (Wildman–Crippen LogP) is 3.66. The molecule has 0 amide bonds. The average Bonchev–Trinajstić information content (AvgIpc) is 2.70. The Morgan fingerprint density at radius 2 is 2.00 bits per heavy atom. The smallest absolute Gasteiger partial charge is 0.254 e. The highest BCUT2D eigenvalue weighted by atomic mass is 16.5. The van der Waals surface area contributed by atoms with Gasteiger partial charge in [0.25, 0.3) is 6.73 Å². The van der Waals surface area contributed by atoms with Crippen molar-refractivity contribution in [2.75, 3.05) is 6.73 Å². The largest absolute Gasteiger partial charge is 0.323 e. The number of carbonyl (C=O) groups is 1. The summed E-state index contributed by atoms with van der Waals surface area (Å²) in [6.07, 6.45) is 17.9. The Morgan fingerprint density at radius 3 is 2.73 bits per heavy atom. The first kappa shape index (κ1) is 18.2. The molecule has 2 heterocycles. The van der Waals surface area contributed by atoms with Crippen LogP contribution in [0.25, 0.3) is 0 Å². The minimum atomic E-state index is 0.187. The van der Waals surface area contributed by atoms with Crippen LogP contribution in [-0.2, 0) is 11.5 Å². The zero-order valence-corrected chi connectivity index (χ0v) is 14.8. The van der Waals surface area contributed by atoms with E-state index in [0.29, 0.717) is 19.2 Å². The zero-order chi connectivity index (χ0) is 18.2. The molecule has 1 aromatic heterocycles. The maximum Gasteiger partial charge on any atom is 0.254 e. The molecule has 6 nitrogen and oxygen atoms in total. The number of carbonyl (C=O) groups excluding carboxylic acids is 1. The molecule has 0 bridgehead atoms. The minimum absolute atomic E-state index is 0.187. The van der Waals surface area contributed by atoms with Gasteiger partial charge in [-0.25, -0.2) is 0 Å². The Balaban J connectivity index is 1.50. The average molecular weight is 354 g/mol. The van der Waals surface area contributed by atoms with Crippen LogP contribution in [0.1, 0.15) is 42.5 Å². The summed E-state index contributed by atoms with van der Waals surface area (Å²) in [6.45, 7) is 0.658. The molecule has 0 N–H and O–H groups in total. The molecule has 0 atom stereocenters. The highest BCUT2D eigenvalue weighted by molar-refractivity contribution is 5.97. The molecular formula is C20H24N3O3+. The van der Waals surface area contributed by atoms with Crippen molar-refractivity contribution in [3.63, 3.8) is 0 Å². The van der Waals surface area contributed by atoms with Gasteiger partial charge in [-0.2, -0.15) is 4.57 Å². The van der Waals surface area contributed by atoms with Crippen molar-refractivity contribution in [2.45, 2.75) is 38.8 Å². The molecule has 0 radical (unpaired) electrons. The predicted molar refractivity (Wildman–Crippen MR) is 97.5 cm³/mol. The van der Waals surface area contributed by atoms with Gasteiger partial charge in [0.2, 0.25) is 0 Å². The first-order valence-corrected chi connectivity index (χ1v) is 9.03. The van der Waals surface area contributed by atoms with Crippen LogP contribution in [0, 0.1) is 10.8 Å². The second-order valence-corrected chi connectivity index (χ2v) is 6.59. The van der Waals surface area contributed by atoms with Crippen LogP contribution < -0.4 is 4.57 Å². The van der Waals surface area contributed by atoms with E-state index in [1.807, 2.05) is 47.4 Å². The van der Waals surface area contributed by atoms with E-state index < -0.39 is 0 Å². The van der Waals surface area contributed by atoms with E-state index in [0.717, 1.165) is 31.2 Å². The summed E-state index contributed by atoms with van der Waals surface area (Å²) in [7, 11) is 0. The first-order valence-electron chi connectivity index (χ1n) is 9.03. The van der Waals surface area contributed by atoms with E-state index in [9.17, 15) is 9.70 Å². The molecule has 1 saturated carbocycles. The number of ether oxygens (including phenoxy) is 1. The van der Waals surface area contributed by atoms with Gasteiger partial charge in [-0.3, -0.25) is 4.79 Å². The molecule has 0 spiro atoms. The topological polar surface area (TPSA) is 62.9 Å². The van der Waals surface area contributed by atoms with Gasteiger partial charge in [0, 0.05) is 29.8 Å². The van der Waals surface area contributed by atoms with Gasteiger partial charge < -0.3 is 9.64 Å². The standard InChI is InChI=1S/C20H24N3O3/c24-20(17-6-2-1-3-7-17)18-9-12-22(13-10-18)15-26-16-23-11-5-4-8-19(23)14-21-25/h4-5,8-14,17H,1-3,6-7,15-16H2/q+1/b19-14+. The molecule has 136 valence electrons. The highest BCUT2D eigenvalue weighted by Crippen LogP contribution is 2.26. The van der Waals surface area contributed by atoms with Crippen LogP contribution in [0.3, 0.4) is 0 Å². The fourth-order valence-corrected chi connectivity index (χ4v) is 3.33. The molecular weight excluding hydrogens is 330 g/mol. The number of rotatable bonds is 7. The van der Waals surface area contributed by atoms with Gasteiger partial charge in [0.1, 0.15) is 6.73 Å². The fourth-order valence-electron chi connectivity index (χ4n) is 3.33. The van der Waals surface area contributed by atoms with Crippen LogP contribution in [0.2, 0.25) is 0 Å². The monoisotopic (exact) mass is 354 g/mol. The number of allylic oxidation sites excluding steroid dienone is 3. The summed E-state index contributed by atoms with van der Waals surface area (Å²) in [5.41, 5.74) is 1.46. The quantitative estimate of drug-likeness (QED) is 0.426. The number of nitrogens with zero attached hydrogens (tertiary/aromatic N) is 3. The summed E-state index contributed by atoms with van der Waals surface area (Å²) < 4.78 is 7.56. The van der Waals surface area contributed by atoms with Crippen molar-refractivity contribution in [2.24, 2.45) is 11.1 Å². The van der Waals surface area contributed by atoms with Gasteiger partial charge in [0.15, 0.2) is 18.2 Å². The van der Waals surface area contributed by atoms with Gasteiger partial charge in [-0.15, -0.1) is 4.91 Å². The lowest BCUT2D eigenvalue weighted by atomic mass is 9.84. The second-order valence-electron chi connectivity index (χ2n) is 6.59. The normalized spacial score (nSPS) is 19.1. The van der Waals surface area contributed by atoms with E-state index in [-0.39, 0.29) is 11.7 Å². The molecule has 3 rings (SSSR count). The van der Waals surface area contributed by atoms with Crippen LogP contribution in [0.4, 0.5) is 0 Å². The molecule has 26 heavy (non-hydrogen) atoms. The van der Waals surface area contributed by atoms with E-state index >= 15 is 0 Å². The van der Waals surface area contributed by atoms with Gasteiger partial charge >= 0.3 is 0 Å². The van der Waals surface area contributed by atoms with E-state index in [1.165, 1.54) is 12.6 Å². The summed E-state index contributed by atoms with van der Waals surface area (Å²) in [5, 5.41) is 2.81. The third-order valence-electron chi connectivity index (χ3n) is 4.78. The van der Waals surface area contributed by atoms with Crippen molar-refractivity contribution >= 4 is 5.78 Å². The second kappa shape index (κ2) is 9.20. The summed E-state index contributed by atoms with van der Waals surface area (Å²) in [6, 6.07) is 3.73. The molecule has 2 aliphatic rings. The van der Waals surface area contributed by atoms with Gasteiger partial charge in [-0.1, -0.05) is 25.3 Å². The Bertz CT molecular complexity index is 716. The molecule has 1 aliphatic carbocycles. The lowest BCUT2D eigenvalue weighted by Crippen LogP contribution is -2.36. The van der Waals surface area contributed by atoms with Crippen molar-refractivity contribution in [1.29, 1.82) is 0 Å².